The number of nitrogens with one attached hydrogen (secondary N) is 1. The Hall–Kier alpha value is -4.03. The monoisotopic (exact) mass is 638 g/mol. The number of hydrogen-bond acceptors (Lipinski definition) is 8. The van der Waals surface area contributed by atoms with Crippen LogP contribution in [0.2, 0.25) is 5.02 Å². The summed E-state index contributed by atoms with van der Waals surface area (Å²) in [6.07, 6.45) is 0.554. The summed E-state index contributed by atoms with van der Waals surface area (Å²) in [7, 11) is -4.03. The van der Waals surface area contributed by atoms with Gasteiger partial charge in [0.1, 0.15) is 15.5 Å². The fourth-order valence-electron chi connectivity index (χ4n) is 4.71. The lowest BCUT2D eigenvalue weighted by molar-refractivity contribution is -0.119. The van der Waals surface area contributed by atoms with Crippen molar-refractivity contribution < 1.29 is 32.3 Å². The van der Waals surface area contributed by atoms with Gasteiger partial charge in [0, 0.05) is 24.0 Å². The summed E-state index contributed by atoms with van der Waals surface area (Å²) in [5.74, 6) is -2.19. The lowest BCUT2D eigenvalue weighted by Crippen LogP contribution is -2.36. The maximum atomic E-state index is 13.5. The SMILES string of the molecule is CCOC(=O)c1c(-c2ccccc2)csc1NC(=O)COC(=O)c1ccc(Cl)c(S(=O)(=O)N2CCc3ccccc3C2)c1. The third kappa shape index (κ3) is 6.65. The number of carbonyl (C=O) groups excluding carboxylic acids is 3. The lowest BCUT2D eigenvalue weighted by Gasteiger charge is -2.28. The Kier molecular flexibility index (Phi) is 9.26. The van der Waals surface area contributed by atoms with Crippen LogP contribution in [-0.4, -0.2) is 50.3 Å². The molecule has 12 heteroatoms. The predicted octanol–water partition coefficient (Wildman–Crippen LogP) is 5.79. The molecule has 0 radical (unpaired) electrons. The van der Waals surface area contributed by atoms with Crippen molar-refractivity contribution in [2.45, 2.75) is 24.8 Å². The number of amides is 1. The molecule has 0 spiro atoms. The first-order chi connectivity index (χ1) is 20.7. The molecular formula is C31H27ClN2O7S2. The van der Waals surface area contributed by atoms with E-state index in [1.807, 2.05) is 54.6 Å². The van der Waals surface area contributed by atoms with Gasteiger partial charge in [-0.3, -0.25) is 4.79 Å². The molecule has 0 aliphatic carbocycles. The number of halogens is 1. The Balaban J connectivity index is 1.28. The van der Waals surface area contributed by atoms with Gasteiger partial charge in [0.05, 0.1) is 17.2 Å². The van der Waals surface area contributed by atoms with Crippen molar-refractivity contribution in [1.82, 2.24) is 4.31 Å². The van der Waals surface area contributed by atoms with E-state index < -0.39 is 34.5 Å². The molecule has 1 aliphatic heterocycles. The van der Waals surface area contributed by atoms with E-state index in [9.17, 15) is 22.8 Å². The molecule has 0 unspecified atom stereocenters. The summed E-state index contributed by atoms with van der Waals surface area (Å²) in [6, 6.07) is 20.6. The summed E-state index contributed by atoms with van der Waals surface area (Å²) >= 11 is 7.41. The molecule has 0 bridgehead atoms. The standard InChI is InChI=1S/C31H27ClN2O7S2/c1-2-40-31(37)28-24(21-9-4-3-5-10-21)19-42-29(28)33-27(35)18-41-30(36)22-12-13-25(32)26(16-22)43(38,39)34-15-14-20-8-6-7-11-23(20)17-34/h3-13,16,19H,2,14-15,17-18H2,1H3,(H,33,35). The number of thiophene rings is 1. The Morgan fingerprint density at radius 1 is 0.953 bits per heavy atom. The molecule has 1 aromatic heterocycles. The van der Waals surface area contributed by atoms with Crippen molar-refractivity contribution in [3.63, 3.8) is 0 Å². The first kappa shape index (κ1) is 30.4. The lowest BCUT2D eigenvalue weighted by atomic mass is 10.0. The van der Waals surface area contributed by atoms with Gasteiger partial charge in [0.25, 0.3) is 5.91 Å². The van der Waals surface area contributed by atoms with Gasteiger partial charge in [-0.2, -0.15) is 4.31 Å². The number of anilines is 1. The molecule has 1 amide bonds. The van der Waals surface area contributed by atoms with Crippen molar-refractivity contribution in [2.24, 2.45) is 0 Å². The first-order valence-corrected chi connectivity index (χ1v) is 16.1. The fourth-order valence-corrected chi connectivity index (χ4v) is 7.60. The van der Waals surface area contributed by atoms with Gasteiger partial charge in [0.15, 0.2) is 6.61 Å². The second-order valence-corrected chi connectivity index (χ2v) is 12.8. The van der Waals surface area contributed by atoms with E-state index in [0.717, 1.165) is 34.1 Å². The van der Waals surface area contributed by atoms with Gasteiger partial charge < -0.3 is 14.8 Å². The predicted molar refractivity (Wildman–Crippen MR) is 164 cm³/mol. The van der Waals surface area contributed by atoms with Crippen molar-refractivity contribution in [2.75, 3.05) is 25.1 Å². The average molecular weight is 639 g/mol. The average Bonchev–Trinajstić information content (AvgIpc) is 3.43. The molecule has 2 heterocycles. The zero-order valence-corrected chi connectivity index (χ0v) is 25.4. The summed E-state index contributed by atoms with van der Waals surface area (Å²) in [4.78, 5) is 38.1. The molecule has 222 valence electrons. The highest BCUT2D eigenvalue weighted by Gasteiger charge is 2.31. The first-order valence-electron chi connectivity index (χ1n) is 13.4. The molecule has 0 saturated carbocycles. The van der Waals surface area contributed by atoms with Gasteiger partial charge in [-0.05, 0) is 48.2 Å². The van der Waals surface area contributed by atoms with Crippen molar-refractivity contribution >= 4 is 55.8 Å². The van der Waals surface area contributed by atoms with Gasteiger partial charge in [-0.15, -0.1) is 11.3 Å². The molecule has 0 fully saturated rings. The number of nitrogens with zero attached hydrogens (tertiary/aromatic N) is 1. The Morgan fingerprint density at radius 2 is 1.67 bits per heavy atom. The van der Waals surface area contributed by atoms with E-state index in [4.69, 9.17) is 21.1 Å². The Bertz CT molecular complexity index is 1790. The number of carbonyl (C=O) groups is 3. The number of rotatable bonds is 9. The van der Waals surface area contributed by atoms with E-state index in [1.54, 1.807) is 12.3 Å². The maximum Gasteiger partial charge on any atom is 0.341 e. The fraction of sp³-hybridized carbons (Fsp3) is 0.194. The highest BCUT2D eigenvalue weighted by molar-refractivity contribution is 7.89. The van der Waals surface area contributed by atoms with Crippen molar-refractivity contribution in [3.05, 3.63) is 105 Å². The molecule has 1 aliphatic rings. The van der Waals surface area contributed by atoms with E-state index in [0.29, 0.717) is 12.0 Å². The van der Waals surface area contributed by atoms with Crippen LogP contribution in [0.3, 0.4) is 0 Å². The number of sulfonamides is 1. The summed E-state index contributed by atoms with van der Waals surface area (Å²) in [5, 5.41) is 4.57. The quantitative estimate of drug-likeness (QED) is 0.231. The normalized spacial score (nSPS) is 13.2. The molecule has 5 rings (SSSR count). The van der Waals surface area contributed by atoms with Crippen LogP contribution in [0, 0.1) is 0 Å². The van der Waals surface area contributed by atoms with E-state index in [1.165, 1.54) is 16.4 Å². The van der Waals surface area contributed by atoms with Crippen LogP contribution in [0.15, 0.2) is 83.1 Å². The second-order valence-electron chi connectivity index (χ2n) is 9.57. The molecule has 9 nitrogen and oxygen atoms in total. The van der Waals surface area contributed by atoms with Crippen LogP contribution in [0.5, 0.6) is 0 Å². The molecule has 0 atom stereocenters. The zero-order valence-electron chi connectivity index (χ0n) is 23.0. The van der Waals surface area contributed by atoms with Crippen LogP contribution in [0.4, 0.5) is 5.00 Å². The zero-order chi connectivity index (χ0) is 30.6. The second kappa shape index (κ2) is 13.1. The third-order valence-electron chi connectivity index (χ3n) is 6.82. The van der Waals surface area contributed by atoms with Crippen molar-refractivity contribution in [3.8, 4) is 11.1 Å². The summed E-state index contributed by atoms with van der Waals surface area (Å²) < 4.78 is 38.7. The van der Waals surface area contributed by atoms with Crippen LogP contribution < -0.4 is 5.32 Å². The van der Waals surface area contributed by atoms with Gasteiger partial charge in [-0.25, -0.2) is 18.0 Å². The van der Waals surface area contributed by atoms with Gasteiger partial charge >= 0.3 is 11.9 Å². The maximum absolute atomic E-state index is 13.5. The minimum Gasteiger partial charge on any atom is -0.462 e. The number of fused-ring (bicyclic) bond motifs is 1. The summed E-state index contributed by atoms with van der Waals surface area (Å²) in [6.45, 7) is 1.62. The summed E-state index contributed by atoms with van der Waals surface area (Å²) in [5.41, 5.74) is 3.49. The number of esters is 2. The largest absolute Gasteiger partial charge is 0.462 e. The third-order valence-corrected chi connectivity index (χ3v) is 10.0. The van der Waals surface area contributed by atoms with Crippen molar-refractivity contribution in [1.29, 1.82) is 0 Å². The smallest absolute Gasteiger partial charge is 0.341 e. The molecule has 1 N–H and O–H groups in total. The van der Waals surface area contributed by atoms with Crippen LogP contribution in [0.1, 0.15) is 38.8 Å². The number of ether oxygens (including phenoxy) is 2. The topological polar surface area (TPSA) is 119 Å². The highest BCUT2D eigenvalue weighted by Crippen LogP contribution is 2.36. The van der Waals surface area contributed by atoms with Gasteiger partial charge in [0.2, 0.25) is 10.0 Å². The van der Waals surface area contributed by atoms with E-state index in [-0.39, 0.29) is 45.7 Å². The Morgan fingerprint density at radius 3 is 2.42 bits per heavy atom. The molecule has 0 saturated heterocycles. The minimum absolute atomic E-state index is 0.0356. The van der Waals surface area contributed by atoms with Gasteiger partial charge in [-0.1, -0.05) is 66.2 Å². The number of hydrogen-bond donors (Lipinski definition) is 1. The van der Waals surface area contributed by atoms with Crippen LogP contribution in [-0.2, 0) is 37.3 Å². The van der Waals surface area contributed by atoms with Crippen LogP contribution >= 0.6 is 22.9 Å². The number of benzene rings is 3. The van der Waals surface area contributed by atoms with Crippen LogP contribution in [0.25, 0.3) is 11.1 Å². The van der Waals surface area contributed by atoms with E-state index >= 15 is 0 Å². The van der Waals surface area contributed by atoms with E-state index in [2.05, 4.69) is 5.32 Å². The molecular weight excluding hydrogens is 612 g/mol. The molecule has 3 aromatic carbocycles. The Labute approximate surface area is 258 Å². The molecule has 43 heavy (non-hydrogen) atoms. The highest BCUT2D eigenvalue weighted by atomic mass is 35.5. The molecule has 4 aromatic rings. The minimum atomic E-state index is -4.03.